The Hall–Kier alpha value is -1.42. The SMILES string of the molecule is CCNC1CCC(CC)CC1Cc1ccc([N+](=O)[O-])cc1. The lowest BCUT2D eigenvalue weighted by Gasteiger charge is -2.36. The van der Waals surface area contributed by atoms with E-state index < -0.39 is 0 Å². The van der Waals surface area contributed by atoms with E-state index in [0.717, 1.165) is 18.9 Å². The molecule has 1 aliphatic rings. The van der Waals surface area contributed by atoms with Gasteiger partial charge < -0.3 is 5.32 Å². The lowest BCUT2D eigenvalue weighted by atomic mass is 9.74. The zero-order valence-electron chi connectivity index (χ0n) is 13.0. The molecule has 0 heterocycles. The van der Waals surface area contributed by atoms with Gasteiger partial charge >= 0.3 is 0 Å². The summed E-state index contributed by atoms with van der Waals surface area (Å²) in [6, 6.07) is 7.66. The standard InChI is InChI=1S/C17H26N2O2/c1-3-13-7-10-17(18-4-2)15(11-13)12-14-5-8-16(9-6-14)19(20)21/h5-6,8-9,13,15,17-18H,3-4,7,10-12H2,1-2H3. The van der Waals surface area contributed by atoms with E-state index in [1.54, 1.807) is 12.1 Å². The van der Waals surface area contributed by atoms with E-state index in [2.05, 4.69) is 19.2 Å². The lowest BCUT2D eigenvalue weighted by molar-refractivity contribution is -0.384. The Kier molecular flexibility index (Phi) is 5.74. The van der Waals surface area contributed by atoms with Crippen LogP contribution >= 0.6 is 0 Å². The first-order valence-corrected chi connectivity index (χ1v) is 8.10. The van der Waals surface area contributed by atoms with Gasteiger partial charge in [-0.2, -0.15) is 0 Å². The van der Waals surface area contributed by atoms with Crippen molar-refractivity contribution in [3.63, 3.8) is 0 Å². The molecule has 21 heavy (non-hydrogen) atoms. The van der Waals surface area contributed by atoms with Crippen LogP contribution in [-0.2, 0) is 6.42 Å². The molecule has 0 amide bonds. The molecule has 116 valence electrons. The number of nitrogens with one attached hydrogen (secondary N) is 1. The number of nitrogens with zero attached hydrogens (tertiary/aromatic N) is 1. The summed E-state index contributed by atoms with van der Waals surface area (Å²) in [5.41, 5.74) is 1.39. The molecule has 4 nitrogen and oxygen atoms in total. The largest absolute Gasteiger partial charge is 0.314 e. The van der Waals surface area contributed by atoms with E-state index in [9.17, 15) is 10.1 Å². The van der Waals surface area contributed by atoms with Crippen LogP contribution in [0.2, 0.25) is 0 Å². The fourth-order valence-electron chi connectivity index (χ4n) is 3.55. The summed E-state index contributed by atoms with van der Waals surface area (Å²) in [5, 5.41) is 14.3. The molecule has 0 bridgehead atoms. The fraction of sp³-hybridized carbons (Fsp3) is 0.647. The Morgan fingerprint density at radius 3 is 2.52 bits per heavy atom. The van der Waals surface area contributed by atoms with Gasteiger partial charge in [-0.25, -0.2) is 0 Å². The number of hydrogen-bond acceptors (Lipinski definition) is 3. The minimum Gasteiger partial charge on any atom is -0.314 e. The van der Waals surface area contributed by atoms with E-state index in [0.29, 0.717) is 12.0 Å². The molecule has 1 aliphatic carbocycles. The maximum atomic E-state index is 10.7. The van der Waals surface area contributed by atoms with Gasteiger partial charge in [-0.15, -0.1) is 0 Å². The predicted octanol–water partition coefficient (Wildman–Crippen LogP) is 3.94. The number of nitro benzene ring substituents is 1. The molecule has 1 aromatic carbocycles. The zero-order chi connectivity index (χ0) is 15.2. The first-order chi connectivity index (χ1) is 10.1. The maximum Gasteiger partial charge on any atom is 0.269 e. The minimum absolute atomic E-state index is 0.178. The summed E-state index contributed by atoms with van der Waals surface area (Å²) in [6.45, 7) is 5.45. The van der Waals surface area contributed by atoms with Gasteiger partial charge in [0.25, 0.3) is 5.69 Å². The lowest BCUT2D eigenvalue weighted by Crippen LogP contribution is -2.41. The average Bonchev–Trinajstić information content (AvgIpc) is 2.49. The quantitative estimate of drug-likeness (QED) is 0.637. The van der Waals surface area contributed by atoms with Gasteiger partial charge in [-0.3, -0.25) is 10.1 Å². The maximum absolute atomic E-state index is 10.7. The zero-order valence-corrected chi connectivity index (χ0v) is 13.0. The Labute approximate surface area is 127 Å². The first-order valence-electron chi connectivity index (χ1n) is 8.10. The highest BCUT2D eigenvalue weighted by molar-refractivity contribution is 5.33. The highest BCUT2D eigenvalue weighted by Crippen LogP contribution is 2.33. The highest BCUT2D eigenvalue weighted by Gasteiger charge is 2.29. The van der Waals surface area contributed by atoms with Gasteiger partial charge in [0, 0.05) is 18.2 Å². The third-order valence-electron chi connectivity index (χ3n) is 4.78. The second kappa shape index (κ2) is 7.55. The number of benzene rings is 1. The molecule has 0 aromatic heterocycles. The summed E-state index contributed by atoms with van der Waals surface area (Å²) in [7, 11) is 0. The molecule has 1 N–H and O–H groups in total. The number of non-ortho nitro benzene ring substituents is 1. The van der Waals surface area contributed by atoms with Crippen LogP contribution in [0.1, 0.15) is 45.1 Å². The monoisotopic (exact) mass is 290 g/mol. The topological polar surface area (TPSA) is 55.2 Å². The van der Waals surface area contributed by atoms with Crippen LogP contribution in [0.5, 0.6) is 0 Å². The second-order valence-electron chi connectivity index (χ2n) is 6.14. The predicted molar refractivity (Wildman–Crippen MR) is 85.4 cm³/mol. The molecular formula is C17H26N2O2. The van der Waals surface area contributed by atoms with Crippen molar-refractivity contribution >= 4 is 5.69 Å². The molecule has 0 saturated heterocycles. The summed E-state index contributed by atoms with van der Waals surface area (Å²) >= 11 is 0. The summed E-state index contributed by atoms with van der Waals surface area (Å²) in [6.07, 6.45) is 6.13. The van der Waals surface area contributed by atoms with Crippen molar-refractivity contribution in [1.82, 2.24) is 5.32 Å². The van der Waals surface area contributed by atoms with E-state index in [1.807, 2.05) is 12.1 Å². The Morgan fingerprint density at radius 1 is 1.24 bits per heavy atom. The second-order valence-corrected chi connectivity index (χ2v) is 6.14. The van der Waals surface area contributed by atoms with Crippen molar-refractivity contribution in [3.05, 3.63) is 39.9 Å². The molecule has 1 saturated carbocycles. The normalized spacial score (nSPS) is 25.7. The Balaban J connectivity index is 2.04. The third kappa shape index (κ3) is 4.27. The summed E-state index contributed by atoms with van der Waals surface area (Å²) in [5.74, 6) is 1.48. The van der Waals surface area contributed by atoms with Gasteiger partial charge in [-0.1, -0.05) is 32.4 Å². The van der Waals surface area contributed by atoms with Crippen molar-refractivity contribution in [3.8, 4) is 0 Å². The van der Waals surface area contributed by atoms with Gasteiger partial charge in [0.1, 0.15) is 0 Å². The van der Waals surface area contributed by atoms with Crippen LogP contribution in [0.4, 0.5) is 5.69 Å². The van der Waals surface area contributed by atoms with Crippen molar-refractivity contribution < 1.29 is 4.92 Å². The van der Waals surface area contributed by atoms with Gasteiger partial charge in [0.15, 0.2) is 0 Å². The average molecular weight is 290 g/mol. The van der Waals surface area contributed by atoms with Crippen LogP contribution in [0.3, 0.4) is 0 Å². The van der Waals surface area contributed by atoms with Crippen LogP contribution in [0, 0.1) is 22.0 Å². The van der Waals surface area contributed by atoms with Crippen LogP contribution in [0.15, 0.2) is 24.3 Å². The van der Waals surface area contributed by atoms with E-state index in [4.69, 9.17) is 0 Å². The van der Waals surface area contributed by atoms with Gasteiger partial charge in [0.05, 0.1) is 4.92 Å². The van der Waals surface area contributed by atoms with Crippen molar-refractivity contribution in [2.45, 2.75) is 52.0 Å². The third-order valence-corrected chi connectivity index (χ3v) is 4.78. The molecular weight excluding hydrogens is 264 g/mol. The van der Waals surface area contributed by atoms with Crippen molar-refractivity contribution in [2.75, 3.05) is 6.54 Å². The van der Waals surface area contributed by atoms with E-state index in [1.165, 1.54) is 31.2 Å². The molecule has 4 heteroatoms. The first kappa shape index (κ1) is 16.0. The molecule has 1 aromatic rings. The van der Waals surface area contributed by atoms with E-state index in [-0.39, 0.29) is 10.6 Å². The number of rotatable bonds is 6. The molecule has 1 fully saturated rings. The smallest absolute Gasteiger partial charge is 0.269 e. The molecule has 0 radical (unpaired) electrons. The molecule has 3 unspecified atom stereocenters. The molecule has 3 atom stereocenters. The Bertz CT molecular complexity index is 458. The van der Waals surface area contributed by atoms with Gasteiger partial charge in [0.2, 0.25) is 0 Å². The van der Waals surface area contributed by atoms with Crippen LogP contribution < -0.4 is 5.32 Å². The fourth-order valence-corrected chi connectivity index (χ4v) is 3.55. The number of nitro groups is 1. The summed E-state index contributed by atoms with van der Waals surface area (Å²) in [4.78, 5) is 10.4. The van der Waals surface area contributed by atoms with Gasteiger partial charge in [-0.05, 0) is 49.6 Å². The highest BCUT2D eigenvalue weighted by atomic mass is 16.6. The minimum atomic E-state index is -0.334. The molecule has 2 rings (SSSR count). The number of hydrogen-bond donors (Lipinski definition) is 1. The van der Waals surface area contributed by atoms with E-state index >= 15 is 0 Å². The van der Waals surface area contributed by atoms with Crippen LogP contribution in [0.25, 0.3) is 0 Å². The van der Waals surface area contributed by atoms with Crippen molar-refractivity contribution in [2.24, 2.45) is 11.8 Å². The Morgan fingerprint density at radius 2 is 1.95 bits per heavy atom. The molecule has 0 aliphatic heterocycles. The van der Waals surface area contributed by atoms with Crippen LogP contribution in [-0.4, -0.2) is 17.5 Å². The van der Waals surface area contributed by atoms with Crippen molar-refractivity contribution in [1.29, 1.82) is 0 Å². The molecule has 0 spiro atoms. The summed E-state index contributed by atoms with van der Waals surface area (Å²) < 4.78 is 0.